The average molecular weight is 305 g/mol. The number of nitrogens with zero attached hydrogens (tertiary/aromatic N) is 1. The van der Waals surface area contributed by atoms with Crippen molar-refractivity contribution in [2.45, 2.75) is 20.8 Å². The van der Waals surface area contributed by atoms with E-state index >= 15 is 0 Å². The monoisotopic (exact) mass is 305 g/mol. The van der Waals surface area contributed by atoms with Crippen LogP contribution in [-0.4, -0.2) is 70.1 Å². The fraction of sp³-hybridized carbons (Fsp3) is 0.571. The van der Waals surface area contributed by atoms with Gasteiger partial charge < -0.3 is 20.4 Å². The second-order valence-electron chi connectivity index (χ2n) is 4.05. The van der Waals surface area contributed by atoms with Gasteiger partial charge in [-0.1, -0.05) is 20.1 Å². The van der Waals surface area contributed by atoms with E-state index in [-0.39, 0.29) is 24.4 Å². The molecule has 0 atom stereocenters. The van der Waals surface area contributed by atoms with Crippen molar-refractivity contribution in [1.82, 2.24) is 4.90 Å². The molecule has 0 heterocycles. The molecule has 0 bridgehead atoms. The zero-order chi connectivity index (χ0) is 17.4. The van der Waals surface area contributed by atoms with Gasteiger partial charge >= 0.3 is 11.9 Å². The van der Waals surface area contributed by atoms with Crippen LogP contribution in [0.3, 0.4) is 0 Å². The zero-order valence-corrected chi connectivity index (χ0v) is 13.0. The molecule has 0 saturated carbocycles. The third-order valence-corrected chi connectivity index (χ3v) is 2.01. The Labute approximate surface area is 125 Å². The summed E-state index contributed by atoms with van der Waals surface area (Å²) in [5.41, 5.74) is 0.352. The molecule has 0 spiro atoms. The summed E-state index contributed by atoms with van der Waals surface area (Å²) in [6.07, 6.45) is 0. The lowest BCUT2D eigenvalue weighted by atomic mass is 10.4. The summed E-state index contributed by atoms with van der Waals surface area (Å²) in [6.45, 7) is 13.8. The fourth-order valence-electron chi connectivity index (χ4n) is 0.711. The van der Waals surface area contributed by atoms with Gasteiger partial charge in [0, 0.05) is 24.2 Å². The van der Waals surface area contributed by atoms with E-state index in [1.165, 1.54) is 13.8 Å². The summed E-state index contributed by atoms with van der Waals surface area (Å²) < 4.78 is 0. The maximum Gasteiger partial charge on any atom is 0.330 e. The van der Waals surface area contributed by atoms with Crippen LogP contribution < -0.4 is 0 Å². The summed E-state index contributed by atoms with van der Waals surface area (Å²) in [5, 5.41) is 32.7. The first kappa shape index (κ1) is 24.3. The van der Waals surface area contributed by atoms with Crippen LogP contribution in [0.2, 0.25) is 0 Å². The van der Waals surface area contributed by atoms with E-state index < -0.39 is 11.9 Å². The van der Waals surface area contributed by atoms with Crippen LogP contribution in [-0.2, 0) is 9.59 Å². The average Bonchev–Trinajstić information content (AvgIpc) is 2.39. The van der Waals surface area contributed by atoms with Gasteiger partial charge in [0.25, 0.3) is 0 Å². The number of aliphatic hydroxyl groups excluding tert-OH is 2. The minimum atomic E-state index is -0.935. The molecule has 0 aromatic carbocycles. The molecule has 0 aliphatic carbocycles. The van der Waals surface area contributed by atoms with Crippen LogP contribution in [0, 0.1) is 0 Å². The Balaban J connectivity index is -0.000000240. The highest BCUT2D eigenvalue weighted by Crippen LogP contribution is 1.83. The van der Waals surface area contributed by atoms with Gasteiger partial charge in [0.1, 0.15) is 0 Å². The number of carbonyl (C=O) groups is 2. The van der Waals surface area contributed by atoms with E-state index in [0.29, 0.717) is 13.1 Å². The molecule has 0 fully saturated rings. The highest BCUT2D eigenvalue weighted by molar-refractivity contribution is 5.85. The molecule has 7 nitrogen and oxygen atoms in total. The first-order valence-corrected chi connectivity index (χ1v) is 6.35. The first-order chi connectivity index (χ1) is 9.63. The quantitative estimate of drug-likeness (QED) is 0.508. The van der Waals surface area contributed by atoms with Crippen molar-refractivity contribution in [2.75, 3.05) is 32.8 Å². The lowest BCUT2D eigenvalue weighted by Gasteiger charge is -2.16. The Morgan fingerprint density at radius 3 is 1.24 bits per heavy atom. The molecule has 4 N–H and O–H groups in total. The molecule has 0 amide bonds. The molecule has 0 aliphatic heterocycles. The Morgan fingerprint density at radius 2 is 1.14 bits per heavy atom. The SMILES string of the molecule is C=C(C)C(=O)O.C=C(C)C(=O)O.CCN(CCO)CCO. The molecule has 0 aromatic rings. The van der Waals surface area contributed by atoms with Gasteiger partial charge in [-0.3, -0.25) is 4.90 Å². The van der Waals surface area contributed by atoms with Crippen LogP contribution in [0.4, 0.5) is 0 Å². The Morgan fingerprint density at radius 1 is 0.905 bits per heavy atom. The van der Waals surface area contributed by atoms with Crippen molar-refractivity contribution in [1.29, 1.82) is 0 Å². The van der Waals surface area contributed by atoms with Crippen molar-refractivity contribution in [3.05, 3.63) is 24.3 Å². The fourth-order valence-corrected chi connectivity index (χ4v) is 0.711. The third kappa shape index (κ3) is 23.8. The topological polar surface area (TPSA) is 118 Å². The number of aliphatic carboxylic acids is 2. The molecule has 0 radical (unpaired) electrons. The molecule has 124 valence electrons. The van der Waals surface area contributed by atoms with Gasteiger partial charge in [-0.25, -0.2) is 9.59 Å². The molecule has 0 rings (SSSR count). The number of rotatable bonds is 7. The molecule has 0 saturated heterocycles. The van der Waals surface area contributed by atoms with Crippen LogP contribution in [0.1, 0.15) is 20.8 Å². The van der Waals surface area contributed by atoms with Crippen LogP contribution in [0.5, 0.6) is 0 Å². The summed E-state index contributed by atoms with van der Waals surface area (Å²) in [5.74, 6) is -1.87. The molecule has 7 heteroatoms. The zero-order valence-electron chi connectivity index (χ0n) is 13.0. The second kappa shape index (κ2) is 16.4. The Kier molecular flexibility index (Phi) is 18.9. The van der Waals surface area contributed by atoms with E-state index in [4.69, 9.17) is 20.4 Å². The lowest BCUT2D eigenvalue weighted by molar-refractivity contribution is -0.133. The van der Waals surface area contributed by atoms with E-state index in [1.807, 2.05) is 11.8 Å². The Bertz CT molecular complexity index is 273. The lowest BCUT2D eigenvalue weighted by Crippen LogP contribution is -2.29. The highest BCUT2D eigenvalue weighted by Gasteiger charge is 1.97. The summed E-state index contributed by atoms with van der Waals surface area (Å²) >= 11 is 0. The molecular formula is C14H27NO6. The normalized spacial score (nSPS) is 8.86. The van der Waals surface area contributed by atoms with Gasteiger partial charge in [-0.15, -0.1) is 0 Å². The second-order valence-corrected chi connectivity index (χ2v) is 4.05. The summed E-state index contributed by atoms with van der Waals surface area (Å²) in [7, 11) is 0. The molecule has 0 aliphatic rings. The molecule has 0 aromatic heterocycles. The van der Waals surface area contributed by atoms with Gasteiger partial charge in [-0.05, 0) is 20.4 Å². The molecule has 0 unspecified atom stereocenters. The first-order valence-electron chi connectivity index (χ1n) is 6.35. The van der Waals surface area contributed by atoms with Crippen molar-refractivity contribution < 1.29 is 30.0 Å². The minimum absolute atomic E-state index is 0.174. The largest absolute Gasteiger partial charge is 0.478 e. The Hall–Kier alpha value is -1.70. The van der Waals surface area contributed by atoms with Gasteiger partial charge in [-0.2, -0.15) is 0 Å². The van der Waals surface area contributed by atoms with E-state index in [9.17, 15) is 9.59 Å². The van der Waals surface area contributed by atoms with Crippen molar-refractivity contribution in [3.8, 4) is 0 Å². The van der Waals surface area contributed by atoms with Crippen molar-refractivity contribution in [3.63, 3.8) is 0 Å². The summed E-state index contributed by atoms with van der Waals surface area (Å²) in [6, 6.07) is 0. The smallest absolute Gasteiger partial charge is 0.330 e. The minimum Gasteiger partial charge on any atom is -0.478 e. The number of hydrogen-bond acceptors (Lipinski definition) is 5. The van der Waals surface area contributed by atoms with Crippen molar-refractivity contribution in [2.24, 2.45) is 0 Å². The third-order valence-electron chi connectivity index (χ3n) is 2.01. The standard InChI is InChI=1S/C6H15NO2.2C4H6O2/c1-2-7(3-5-8)4-6-9;2*1-3(2)4(5)6/h8-9H,2-6H2,1H3;2*1H2,2H3,(H,5,6). The van der Waals surface area contributed by atoms with Crippen LogP contribution in [0.15, 0.2) is 24.3 Å². The molecular weight excluding hydrogens is 278 g/mol. The number of carboxylic acids is 2. The highest BCUT2D eigenvalue weighted by atomic mass is 16.4. The summed E-state index contributed by atoms with van der Waals surface area (Å²) in [4.78, 5) is 21.2. The van der Waals surface area contributed by atoms with E-state index in [0.717, 1.165) is 6.54 Å². The maximum absolute atomic E-state index is 9.60. The number of aliphatic hydroxyl groups is 2. The van der Waals surface area contributed by atoms with Gasteiger partial charge in [0.2, 0.25) is 0 Å². The van der Waals surface area contributed by atoms with Crippen LogP contribution >= 0.6 is 0 Å². The maximum atomic E-state index is 9.60. The number of hydrogen-bond donors (Lipinski definition) is 4. The van der Waals surface area contributed by atoms with Gasteiger partial charge in [0.15, 0.2) is 0 Å². The van der Waals surface area contributed by atoms with E-state index in [2.05, 4.69) is 13.2 Å². The number of carboxylic acid groups (broad SMARTS) is 2. The predicted molar refractivity (Wildman–Crippen MR) is 81.2 cm³/mol. The van der Waals surface area contributed by atoms with E-state index in [1.54, 1.807) is 0 Å². The van der Waals surface area contributed by atoms with Crippen LogP contribution in [0.25, 0.3) is 0 Å². The van der Waals surface area contributed by atoms with Crippen molar-refractivity contribution >= 4 is 11.9 Å². The predicted octanol–water partition coefficient (Wildman–Crippen LogP) is 0.587. The number of likely N-dealkylation sites (N-methyl/N-ethyl adjacent to an activating group) is 1. The van der Waals surface area contributed by atoms with Gasteiger partial charge in [0.05, 0.1) is 13.2 Å². The molecule has 21 heavy (non-hydrogen) atoms.